The predicted octanol–water partition coefficient (Wildman–Crippen LogP) is 2.70. The summed E-state index contributed by atoms with van der Waals surface area (Å²) in [5, 5.41) is 7.43. The van der Waals surface area contributed by atoms with Gasteiger partial charge in [0, 0.05) is 5.56 Å². The van der Waals surface area contributed by atoms with Gasteiger partial charge in [0.2, 0.25) is 5.89 Å². The van der Waals surface area contributed by atoms with Crippen molar-refractivity contribution in [3.8, 4) is 17.2 Å². The predicted molar refractivity (Wildman–Crippen MR) is 71.5 cm³/mol. The van der Waals surface area contributed by atoms with Crippen molar-refractivity contribution in [3.05, 3.63) is 30.2 Å². The molecule has 0 saturated carbocycles. The number of aromatic nitrogens is 2. The fraction of sp³-hybridized carbons (Fsp3) is 0.357. The number of carbonyl (C=O) groups is 1. The third kappa shape index (κ3) is 3.34. The molecule has 20 heavy (non-hydrogen) atoms. The number of ether oxygens (including phenoxy) is 2. The molecule has 0 aliphatic carbocycles. The summed E-state index contributed by atoms with van der Waals surface area (Å²) >= 11 is 0. The lowest BCUT2D eigenvalue weighted by atomic mass is 10.2. The van der Waals surface area contributed by atoms with Crippen LogP contribution in [0.2, 0.25) is 0 Å². The molecular weight excluding hydrogens is 260 g/mol. The quantitative estimate of drug-likeness (QED) is 0.596. The van der Waals surface area contributed by atoms with Crippen molar-refractivity contribution >= 4 is 5.97 Å². The Morgan fingerprint density at radius 2 is 2.00 bits per heavy atom. The Morgan fingerprint density at radius 1 is 1.25 bits per heavy atom. The summed E-state index contributed by atoms with van der Waals surface area (Å²) in [4.78, 5) is 11.2. The molecule has 2 rings (SSSR count). The molecule has 1 heterocycles. The summed E-state index contributed by atoms with van der Waals surface area (Å²) in [5.74, 6) is 0.245. The van der Waals surface area contributed by atoms with Crippen molar-refractivity contribution in [1.82, 2.24) is 10.2 Å². The first-order chi connectivity index (χ1) is 9.74. The number of benzene rings is 1. The summed E-state index contributed by atoms with van der Waals surface area (Å²) in [7, 11) is 1.26. The second-order valence-electron chi connectivity index (χ2n) is 4.13. The highest BCUT2D eigenvalue weighted by molar-refractivity contribution is 5.84. The Morgan fingerprint density at radius 3 is 2.65 bits per heavy atom. The van der Waals surface area contributed by atoms with Gasteiger partial charge >= 0.3 is 11.9 Å². The third-order valence-corrected chi connectivity index (χ3v) is 2.65. The van der Waals surface area contributed by atoms with Crippen LogP contribution in [0.5, 0.6) is 5.75 Å². The first-order valence-corrected chi connectivity index (χ1v) is 6.39. The van der Waals surface area contributed by atoms with Crippen molar-refractivity contribution in [3.63, 3.8) is 0 Å². The van der Waals surface area contributed by atoms with Gasteiger partial charge in [-0.25, -0.2) is 4.79 Å². The Kier molecular flexibility index (Phi) is 4.70. The Hall–Kier alpha value is -2.37. The summed E-state index contributed by atoms with van der Waals surface area (Å²) in [6, 6.07) is 7.26. The zero-order valence-electron chi connectivity index (χ0n) is 11.5. The minimum absolute atomic E-state index is 0.161. The highest BCUT2D eigenvalue weighted by atomic mass is 16.5. The van der Waals surface area contributed by atoms with Crippen molar-refractivity contribution in [1.29, 1.82) is 0 Å². The smallest absolute Gasteiger partial charge is 0.396 e. The van der Waals surface area contributed by atoms with Crippen LogP contribution < -0.4 is 4.74 Å². The molecule has 1 aromatic heterocycles. The Labute approximate surface area is 116 Å². The monoisotopic (exact) mass is 276 g/mol. The van der Waals surface area contributed by atoms with Crippen LogP contribution >= 0.6 is 0 Å². The van der Waals surface area contributed by atoms with E-state index < -0.39 is 5.97 Å². The number of rotatable bonds is 6. The van der Waals surface area contributed by atoms with Crippen molar-refractivity contribution < 1.29 is 18.7 Å². The summed E-state index contributed by atoms with van der Waals surface area (Å²) in [5.41, 5.74) is 0.718. The maximum absolute atomic E-state index is 11.2. The van der Waals surface area contributed by atoms with Crippen LogP contribution in [0.3, 0.4) is 0 Å². The van der Waals surface area contributed by atoms with Crippen LogP contribution in [0.4, 0.5) is 0 Å². The molecule has 0 bridgehead atoms. The highest BCUT2D eigenvalue weighted by Gasteiger charge is 2.15. The zero-order chi connectivity index (χ0) is 14.4. The molecule has 0 unspecified atom stereocenters. The van der Waals surface area contributed by atoms with Gasteiger partial charge in [0.05, 0.1) is 13.7 Å². The number of hydrogen-bond acceptors (Lipinski definition) is 6. The van der Waals surface area contributed by atoms with Gasteiger partial charge in [-0.05, 0) is 30.7 Å². The van der Waals surface area contributed by atoms with Crippen LogP contribution in [-0.2, 0) is 4.74 Å². The van der Waals surface area contributed by atoms with E-state index >= 15 is 0 Å². The fourth-order valence-electron chi connectivity index (χ4n) is 1.54. The molecule has 0 N–H and O–H groups in total. The lowest BCUT2D eigenvalue weighted by Gasteiger charge is -2.04. The molecule has 6 nitrogen and oxygen atoms in total. The molecular formula is C14H16N2O4. The minimum atomic E-state index is -0.650. The lowest BCUT2D eigenvalue weighted by molar-refractivity contribution is 0.0556. The maximum atomic E-state index is 11.2. The lowest BCUT2D eigenvalue weighted by Crippen LogP contribution is -2.00. The van der Waals surface area contributed by atoms with Gasteiger partial charge in [-0.1, -0.05) is 13.3 Å². The number of methoxy groups -OCH3 is 1. The van der Waals surface area contributed by atoms with E-state index in [4.69, 9.17) is 9.15 Å². The first kappa shape index (κ1) is 14.0. The second kappa shape index (κ2) is 6.70. The largest absolute Gasteiger partial charge is 0.494 e. The van der Waals surface area contributed by atoms with Gasteiger partial charge in [-0.3, -0.25) is 0 Å². The molecule has 0 amide bonds. The summed E-state index contributed by atoms with van der Waals surface area (Å²) < 4.78 is 15.3. The van der Waals surface area contributed by atoms with E-state index in [-0.39, 0.29) is 11.8 Å². The van der Waals surface area contributed by atoms with Crippen molar-refractivity contribution in [2.24, 2.45) is 0 Å². The maximum Gasteiger partial charge on any atom is 0.396 e. The molecule has 1 aromatic carbocycles. The molecule has 0 radical (unpaired) electrons. The molecule has 2 aromatic rings. The standard InChI is InChI=1S/C14H16N2O4/c1-3-4-9-19-11-7-5-10(6-8-11)12-15-16-13(20-12)14(17)18-2/h5-8H,3-4,9H2,1-2H3. The van der Waals surface area contributed by atoms with Crippen LogP contribution in [0.1, 0.15) is 30.5 Å². The Bertz CT molecular complexity index is 563. The molecule has 0 aliphatic rings. The zero-order valence-corrected chi connectivity index (χ0v) is 11.5. The molecule has 106 valence electrons. The summed E-state index contributed by atoms with van der Waals surface area (Å²) in [6.45, 7) is 2.81. The molecule has 6 heteroatoms. The van der Waals surface area contributed by atoms with E-state index in [1.165, 1.54) is 7.11 Å². The van der Waals surface area contributed by atoms with E-state index in [1.807, 2.05) is 12.1 Å². The van der Waals surface area contributed by atoms with Crippen LogP contribution in [-0.4, -0.2) is 29.9 Å². The number of nitrogens with zero attached hydrogens (tertiary/aromatic N) is 2. The highest BCUT2D eigenvalue weighted by Crippen LogP contribution is 2.21. The van der Waals surface area contributed by atoms with Gasteiger partial charge in [-0.15, -0.1) is 10.2 Å². The van der Waals surface area contributed by atoms with Gasteiger partial charge in [-0.2, -0.15) is 0 Å². The number of carbonyl (C=O) groups excluding carboxylic acids is 1. The molecule has 0 aliphatic heterocycles. The van der Waals surface area contributed by atoms with Crippen LogP contribution in [0.25, 0.3) is 11.5 Å². The average molecular weight is 276 g/mol. The fourth-order valence-corrected chi connectivity index (χ4v) is 1.54. The molecule has 0 fully saturated rings. The van der Waals surface area contributed by atoms with Gasteiger partial charge in [0.1, 0.15) is 5.75 Å². The van der Waals surface area contributed by atoms with Gasteiger partial charge in [0.15, 0.2) is 0 Å². The SMILES string of the molecule is CCCCOc1ccc(-c2nnc(C(=O)OC)o2)cc1. The van der Waals surface area contributed by atoms with Crippen molar-refractivity contribution in [2.45, 2.75) is 19.8 Å². The normalized spacial score (nSPS) is 10.3. The average Bonchev–Trinajstić information content (AvgIpc) is 2.97. The molecule has 0 spiro atoms. The van der Waals surface area contributed by atoms with Gasteiger partial charge < -0.3 is 13.9 Å². The number of hydrogen-bond donors (Lipinski definition) is 0. The topological polar surface area (TPSA) is 74.5 Å². The number of esters is 1. The second-order valence-corrected chi connectivity index (χ2v) is 4.13. The third-order valence-electron chi connectivity index (χ3n) is 2.65. The van der Waals surface area contributed by atoms with E-state index in [0.29, 0.717) is 6.61 Å². The van der Waals surface area contributed by atoms with E-state index in [2.05, 4.69) is 21.9 Å². The van der Waals surface area contributed by atoms with E-state index in [0.717, 1.165) is 24.2 Å². The van der Waals surface area contributed by atoms with Gasteiger partial charge in [0.25, 0.3) is 0 Å². The first-order valence-electron chi connectivity index (χ1n) is 6.39. The minimum Gasteiger partial charge on any atom is -0.494 e. The van der Waals surface area contributed by atoms with Crippen molar-refractivity contribution in [2.75, 3.05) is 13.7 Å². The molecule has 0 atom stereocenters. The van der Waals surface area contributed by atoms with E-state index in [1.54, 1.807) is 12.1 Å². The number of unbranched alkanes of at least 4 members (excludes halogenated alkanes) is 1. The molecule has 0 saturated heterocycles. The van der Waals surface area contributed by atoms with Crippen LogP contribution in [0.15, 0.2) is 28.7 Å². The summed E-state index contributed by atoms with van der Waals surface area (Å²) in [6.07, 6.45) is 2.12. The Balaban J connectivity index is 2.06. The van der Waals surface area contributed by atoms with Crippen LogP contribution in [0, 0.1) is 0 Å². The van der Waals surface area contributed by atoms with E-state index in [9.17, 15) is 4.79 Å².